The average Bonchev–Trinajstić information content (AvgIpc) is 2.97. The molecule has 0 aliphatic heterocycles. The Bertz CT molecular complexity index is 1560. The topological polar surface area (TPSA) is 166 Å². The van der Waals surface area contributed by atoms with E-state index in [1.807, 2.05) is 0 Å². The lowest BCUT2D eigenvalue weighted by Gasteiger charge is -2.06. The van der Waals surface area contributed by atoms with Gasteiger partial charge in [0.25, 0.3) is 0 Å². The van der Waals surface area contributed by atoms with Gasteiger partial charge >= 0.3 is 11.9 Å². The molecule has 0 aromatic carbocycles. The number of carbonyl (C=O) groups is 4. The van der Waals surface area contributed by atoms with Crippen LogP contribution in [0.25, 0.3) is 11.4 Å². The SMILES string of the molecule is CC(=O)c1ccc[n+]([O-])c1.COC(=O)c1ccnc(-c2ccc(C(C)=O)c[n+]2[O-])c1.COC(=O)c1ccnc(Br)c1. The summed E-state index contributed by atoms with van der Waals surface area (Å²) < 4.78 is 10.9. The summed E-state index contributed by atoms with van der Waals surface area (Å²) in [5.41, 5.74) is 2.13. The van der Waals surface area contributed by atoms with Gasteiger partial charge in [-0.3, -0.25) is 9.59 Å². The van der Waals surface area contributed by atoms with Crippen molar-refractivity contribution < 1.29 is 38.1 Å². The molecule has 0 aliphatic carbocycles. The summed E-state index contributed by atoms with van der Waals surface area (Å²) in [5, 5.41) is 22.5. The molecule has 0 bridgehead atoms. The van der Waals surface area contributed by atoms with Gasteiger partial charge in [0.1, 0.15) is 10.3 Å². The second-order valence-corrected chi connectivity index (χ2v) is 8.79. The Morgan fingerprint density at radius 1 is 0.756 bits per heavy atom. The Labute approximate surface area is 243 Å². The number of halogens is 1. The number of hydrogen-bond donors (Lipinski definition) is 0. The van der Waals surface area contributed by atoms with Crippen LogP contribution >= 0.6 is 15.9 Å². The number of aromatic nitrogens is 4. The Kier molecular flexibility index (Phi) is 12.2. The maximum absolute atomic E-state index is 11.9. The molecule has 0 radical (unpaired) electrons. The average molecular weight is 625 g/mol. The van der Waals surface area contributed by atoms with Crippen molar-refractivity contribution in [1.29, 1.82) is 0 Å². The highest BCUT2D eigenvalue weighted by Gasteiger charge is 2.15. The maximum atomic E-state index is 11.9. The van der Waals surface area contributed by atoms with Crippen LogP contribution in [0.15, 0.2) is 84.1 Å². The third-order valence-electron chi connectivity index (χ3n) is 5.09. The summed E-state index contributed by atoms with van der Waals surface area (Å²) in [6.07, 6.45) is 6.73. The van der Waals surface area contributed by atoms with E-state index in [-0.39, 0.29) is 23.2 Å². The fraction of sp³-hybridized carbons (Fsp3) is 0.143. The van der Waals surface area contributed by atoms with Gasteiger partial charge < -0.3 is 19.9 Å². The fourth-order valence-electron chi connectivity index (χ4n) is 3.01. The summed E-state index contributed by atoms with van der Waals surface area (Å²) in [7, 11) is 2.62. The smallest absolute Gasteiger partial charge is 0.337 e. The van der Waals surface area contributed by atoms with Crippen molar-refractivity contribution in [2.24, 2.45) is 0 Å². The first-order valence-corrected chi connectivity index (χ1v) is 12.4. The summed E-state index contributed by atoms with van der Waals surface area (Å²) in [6, 6.07) is 12.3. The number of carbonyl (C=O) groups excluding carboxylic acids is 4. The van der Waals surface area contributed by atoms with E-state index >= 15 is 0 Å². The fourth-order valence-corrected chi connectivity index (χ4v) is 3.38. The second kappa shape index (κ2) is 15.5. The standard InChI is InChI=1S/C14H12N2O4.C7H6BrNO2.C7H7NO2/c1-9(17)11-3-4-13(16(19)8-11)12-7-10(5-6-15-12)14(18)20-2;1-11-7(10)5-2-3-9-6(8)4-5;1-6(9)7-3-2-4-8(10)5-7/h3-8H,1-2H3;2-4H,1H3;2-5H,1H3. The molecule has 0 fully saturated rings. The quantitative estimate of drug-likeness (QED) is 0.105. The highest BCUT2D eigenvalue weighted by molar-refractivity contribution is 9.10. The van der Waals surface area contributed by atoms with Crippen LogP contribution in [0.5, 0.6) is 0 Å². The largest absolute Gasteiger partial charge is 0.619 e. The van der Waals surface area contributed by atoms with Crippen molar-refractivity contribution in [2.75, 3.05) is 14.2 Å². The number of esters is 2. The lowest BCUT2D eigenvalue weighted by molar-refractivity contribution is -0.605. The first kappa shape index (κ1) is 32.2. The molecule has 4 heterocycles. The first-order chi connectivity index (χ1) is 19.5. The molecule has 0 unspecified atom stereocenters. The zero-order valence-corrected chi connectivity index (χ0v) is 24.0. The van der Waals surface area contributed by atoms with Gasteiger partial charge in [-0.2, -0.15) is 9.46 Å². The molecule has 13 heteroatoms. The van der Waals surface area contributed by atoms with E-state index in [1.165, 1.54) is 77.3 Å². The van der Waals surface area contributed by atoms with E-state index in [2.05, 4.69) is 35.4 Å². The highest BCUT2D eigenvalue weighted by atomic mass is 79.9. The van der Waals surface area contributed by atoms with E-state index in [9.17, 15) is 29.6 Å². The van der Waals surface area contributed by atoms with Gasteiger partial charge in [-0.15, -0.1) is 0 Å². The second-order valence-electron chi connectivity index (χ2n) is 7.97. The monoisotopic (exact) mass is 624 g/mol. The Morgan fingerprint density at radius 3 is 1.80 bits per heavy atom. The predicted octanol–water partition coefficient (Wildman–Crippen LogP) is 3.52. The van der Waals surface area contributed by atoms with Crippen LogP contribution in [0.2, 0.25) is 0 Å². The van der Waals surface area contributed by atoms with Crippen molar-refractivity contribution in [3.8, 4) is 11.4 Å². The molecular weight excluding hydrogens is 600 g/mol. The minimum atomic E-state index is -0.508. The van der Waals surface area contributed by atoms with Crippen LogP contribution in [0.4, 0.5) is 0 Å². The maximum Gasteiger partial charge on any atom is 0.337 e. The van der Waals surface area contributed by atoms with Crippen molar-refractivity contribution >= 4 is 39.4 Å². The zero-order chi connectivity index (χ0) is 30.5. The van der Waals surface area contributed by atoms with Crippen LogP contribution in [0.1, 0.15) is 55.3 Å². The first-order valence-electron chi connectivity index (χ1n) is 11.6. The minimum Gasteiger partial charge on any atom is -0.619 e. The molecule has 0 N–H and O–H groups in total. The lowest BCUT2D eigenvalue weighted by Crippen LogP contribution is -2.30. The molecule has 0 amide bonds. The molecule has 4 aromatic rings. The highest BCUT2D eigenvalue weighted by Crippen LogP contribution is 2.15. The Morgan fingerprint density at radius 2 is 1.32 bits per heavy atom. The van der Waals surface area contributed by atoms with E-state index in [0.29, 0.717) is 42.0 Å². The number of nitrogens with zero attached hydrogens (tertiary/aromatic N) is 4. The van der Waals surface area contributed by atoms with Gasteiger partial charge in [-0.05, 0) is 66.2 Å². The lowest BCUT2D eigenvalue weighted by atomic mass is 10.1. The van der Waals surface area contributed by atoms with Crippen molar-refractivity contribution in [1.82, 2.24) is 9.97 Å². The van der Waals surface area contributed by atoms with E-state index in [0.717, 1.165) is 0 Å². The van der Waals surface area contributed by atoms with Crippen molar-refractivity contribution in [2.45, 2.75) is 13.8 Å². The molecule has 12 nitrogen and oxygen atoms in total. The van der Waals surface area contributed by atoms with Crippen molar-refractivity contribution in [3.63, 3.8) is 0 Å². The number of ketones is 2. The van der Waals surface area contributed by atoms with Gasteiger partial charge in [0, 0.05) is 24.5 Å². The Balaban J connectivity index is 0.000000236. The van der Waals surface area contributed by atoms with Gasteiger partial charge in [-0.25, -0.2) is 19.6 Å². The molecule has 0 saturated carbocycles. The summed E-state index contributed by atoms with van der Waals surface area (Å²) in [5.74, 6) is -1.15. The van der Waals surface area contributed by atoms with E-state index in [1.54, 1.807) is 30.3 Å². The summed E-state index contributed by atoms with van der Waals surface area (Å²) in [6.45, 7) is 2.81. The number of hydrogen-bond acceptors (Lipinski definition) is 10. The number of pyridine rings is 4. The molecule has 212 valence electrons. The zero-order valence-electron chi connectivity index (χ0n) is 22.4. The third kappa shape index (κ3) is 9.89. The van der Waals surface area contributed by atoms with Crippen LogP contribution in [0, 0.1) is 10.4 Å². The molecule has 0 atom stereocenters. The van der Waals surface area contributed by atoms with Crippen molar-refractivity contribution in [3.05, 3.63) is 117 Å². The number of rotatable bonds is 5. The molecule has 0 saturated heterocycles. The van der Waals surface area contributed by atoms with Crippen LogP contribution in [0.3, 0.4) is 0 Å². The molecule has 41 heavy (non-hydrogen) atoms. The molecule has 0 aliphatic rings. The van der Waals surface area contributed by atoms with E-state index in [4.69, 9.17) is 0 Å². The summed E-state index contributed by atoms with van der Waals surface area (Å²) in [4.78, 5) is 52.1. The summed E-state index contributed by atoms with van der Waals surface area (Å²) >= 11 is 3.14. The predicted molar refractivity (Wildman–Crippen MR) is 149 cm³/mol. The number of ether oxygens (including phenoxy) is 2. The van der Waals surface area contributed by atoms with Gasteiger partial charge in [0.2, 0.25) is 5.69 Å². The van der Waals surface area contributed by atoms with E-state index < -0.39 is 5.97 Å². The van der Waals surface area contributed by atoms with Gasteiger partial charge in [0.05, 0.1) is 36.5 Å². The number of methoxy groups -OCH3 is 2. The molecular formula is C28H25BrN4O8. The van der Waals surface area contributed by atoms with Gasteiger partial charge in [0.15, 0.2) is 30.2 Å². The van der Waals surface area contributed by atoms with Crippen LogP contribution < -0.4 is 9.46 Å². The van der Waals surface area contributed by atoms with Crippen LogP contribution in [-0.4, -0.2) is 47.7 Å². The normalized spacial score (nSPS) is 9.68. The van der Waals surface area contributed by atoms with Crippen LogP contribution in [-0.2, 0) is 9.47 Å². The number of Topliss-reactive ketones (excluding diaryl/α,β-unsaturated/α-hetero) is 2. The molecule has 0 spiro atoms. The van der Waals surface area contributed by atoms with Gasteiger partial charge in [-0.1, -0.05) is 0 Å². The molecule has 4 rings (SSSR count). The molecule has 4 aromatic heterocycles. The minimum absolute atomic E-state index is 0.0924. The third-order valence-corrected chi connectivity index (χ3v) is 5.53. The Hall–Kier alpha value is -5.04.